The molecule has 1 aliphatic heterocycles. The fourth-order valence-electron chi connectivity index (χ4n) is 2.63. The molecule has 2 aliphatic rings. The lowest BCUT2D eigenvalue weighted by Crippen LogP contribution is -2.55. The van der Waals surface area contributed by atoms with Gasteiger partial charge in [-0.2, -0.15) is 0 Å². The highest BCUT2D eigenvalue weighted by Gasteiger charge is 2.41. The van der Waals surface area contributed by atoms with E-state index in [4.69, 9.17) is 0 Å². The largest absolute Gasteiger partial charge is 0.311 e. The molecule has 0 aromatic heterocycles. The number of hydrogen-bond donors (Lipinski definition) is 1. The molecule has 1 saturated heterocycles. The first kappa shape index (κ1) is 10.4. The average Bonchev–Trinajstić information content (AvgIpc) is 2.37. The summed E-state index contributed by atoms with van der Waals surface area (Å²) in [7, 11) is -2.85. The molecule has 14 heavy (non-hydrogen) atoms. The summed E-state index contributed by atoms with van der Waals surface area (Å²) in [6.45, 7) is 2.47. The number of hydrogen-bond acceptors (Lipinski definition) is 3. The minimum Gasteiger partial charge on any atom is -0.311 e. The van der Waals surface area contributed by atoms with E-state index in [0.29, 0.717) is 6.54 Å². The van der Waals surface area contributed by atoms with E-state index in [0.717, 1.165) is 19.3 Å². The molecule has 1 saturated carbocycles. The second-order valence-electron chi connectivity index (χ2n) is 4.59. The number of sulfone groups is 1. The van der Waals surface area contributed by atoms with Crippen molar-refractivity contribution in [3.63, 3.8) is 0 Å². The predicted molar refractivity (Wildman–Crippen MR) is 57.0 cm³/mol. The van der Waals surface area contributed by atoms with Crippen molar-refractivity contribution in [2.24, 2.45) is 0 Å². The summed E-state index contributed by atoms with van der Waals surface area (Å²) < 4.78 is 24.1. The van der Waals surface area contributed by atoms with E-state index in [1.165, 1.54) is 12.8 Å². The summed E-state index contributed by atoms with van der Waals surface area (Å²) in [4.78, 5) is 0. The molecule has 1 aliphatic carbocycles. The fraction of sp³-hybridized carbons (Fsp3) is 1.00. The van der Waals surface area contributed by atoms with Gasteiger partial charge < -0.3 is 5.32 Å². The Bertz CT molecular complexity index is 299. The van der Waals surface area contributed by atoms with Crippen molar-refractivity contribution in [1.82, 2.24) is 5.32 Å². The Labute approximate surface area is 86.2 Å². The summed E-state index contributed by atoms with van der Waals surface area (Å²) >= 11 is 0. The Morgan fingerprint density at radius 1 is 1.14 bits per heavy atom. The van der Waals surface area contributed by atoms with Gasteiger partial charge in [0.05, 0.1) is 10.5 Å². The Kier molecular flexibility index (Phi) is 2.84. The Balaban J connectivity index is 2.24. The Morgan fingerprint density at radius 3 is 2.64 bits per heavy atom. The van der Waals surface area contributed by atoms with Crippen molar-refractivity contribution < 1.29 is 8.42 Å². The Morgan fingerprint density at radius 2 is 1.86 bits per heavy atom. The number of nitrogens with one attached hydrogen (secondary N) is 1. The van der Waals surface area contributed by atoms with Gasteiger partial charge in [-0.3, -0.25) is 0 Å². The molecular weight excluding hydrogens is 198 g/mol. The van der Waals surface area contributed by atoms with Crippen molar-refractivity contribution in [3.05, 3.63) is 0 Å². The third-order valence-electron chi connectivity index (χ3n) is 3.60. The lowest BCUT2D eigenvalue weighted by molar-refractivity contribution is 0.419. The molecule has 0 bridgehead atoms. The molecule has 1 heterocycles. The zero-order valence-corrected chi connectivity index (χ0v) is 9.52. The smallest absolute Gasteiger partial charge is 0.158 e. The molecule has 0 spiro atoms. The molecule has 0 radical (unpaired) electrons. The summed E-state index contributed by atoms with van der Waals surface area (Å²) in [6, 6.07) is 0.235. The molecule has 4 heteroatoms. The quantitative estimate of drug-likeness (QED) is 0.661. The zero-order chi connectivity index (χ0) is 10.2. The van der Waals surface area contributed by atoms with Crippen LogP contribution in [0.15, 0.2) is 0 Å². The summed E-state index contributed by atoms with van der Waals surface area (Å²) in [6.07, 6.45) is 5.35. The first-order valence-corrected chi connectivity index (χ1v) is 7.19. The lowest BCUT2D eigenvalue weighted by Gasteiger charge is -2.34. The van der Waals surface area contributed by atoms with Gasteiger partial charge in [-0.1, -0.05) is 19.3 Å². The summed E-state index contributed by atoms with van der Waals surface area (Å²) in [5.74, 6) is 0. The van der Waals surface area contributed by atoms with Crippen LogP contribution in [0.5, 0.6) is 0 Å². The van der Waals surface area contributed by atoms with Crippen molar-refractivity contribution in [1.29, 1.82) is 0 Å². The molecule has 3 nitrogen and oxygen atoms in total. The minimum absolute atomic E-state index is 0.103. The molecule has 0 aromatic rings. The minimum atomic E-state index is -2.85. The van der Waals surface area contributed by atoms with Gasteiger partial charge in [0.1, 0.15) is 0 Å². The molecule has 3 unspecified atom stereocenters. The van der Waals surface area contributed by atoms with E-state index < -0.39 is 9.84 Å². The van der Waals surface area contributed by atoms with Crippen LogP contribution in [-0.4, -0.2) is 31.5 Å². The van der Waals surface area contributed by atoms with Crippen LogP contribution in [0.4, 0.5) is 0 Å². The highest BCUT2D eigenvalue weighted by molar-refractivity contribution is 7.92. The van der Waals surface area contributed by atoms with Crippen LogP contribution in [0.3, 0.4) is 0 Å². The summed E-state index contributed by atoms with van der Waals surface area (Å²) in [5.41, 5.74) is 0. The monoisotopic (exact) mass is 217 g/mol. The van der Waals surface area contributed by atoms with Crippen molar-refractivity contribution in [2.45, 2.75) is 55.6 Å². The zero-order valence-electron chi connectivity index (χ0n) is 8.70. The molecule has 82 valence electrons. The normalized spacial score (nSPS) is 42.5. The van der Waals surface area contributed by atoms with Crippen molar-refractivity contribution in [3.8, 4) is 0 Å². The van der Waals surface area contributed by atoms with Crippen molar-refractivity contribution >= 4 is 9.84 Å². The number of rotatable bonds is 0. The van der Waals surface area contributed by atoms with Gasteiger partial charge in [0.15, 0.2) is 9.84 Å². The van der Waals surface area contributed by atoms with Crippen LogP contribution in [0.1, 0.15) is 39.0 Å². The van der Waals surface area contributed by atoms with Crippen LogP contribution in [0.25, 0.3) is 0 Å². The third kappa shape index (κ3) is 1.70. The van der Waals surface area contributed by atoms with Crippen LogP contribution in [0, 0.1) is 0 Å². The van der Waals surface area contributed by atoms with Crippen LogP contribution in [0.2, 0.25) is 0 Å². The highest BCUT2D eigenvalue weighted by atomic mass is 32.2. The van der Waals surface area contributed by atoms with E-state index in [1.54, 1.807) is 0 Å². The van der Waals surface area contributed by atoms with Gasteiger partial charge in [0, 0.05) is 12.6 Å². The molecule has 0 aromatic carbocycles. The lowest BCUT2D eigenvalue weighted by atomic mass is 10.1. The van der Waals surface area contributed by atoms with Gasteiger partial charge in [-0.05, 0) is 19.8 Å². The maximum Gasteiger partial charge on any atom is 0.158 e. The molecule has 2 fully saturated rings. The van der Waals surface area contributed by atoms with Crippen LogP contribution in [-0.2, 0) is 9.84 Å². The van der Waals surface area contributed by atoms with E-state index in [1.807, 2.05) is 6.92 Å². The van der Waals surface area contributed by atoms with E-state index >= 15 is 0 Å². The van der Waals surface area contributed by atoms with E-state index in [9.17, 15) is 8.42 Å². The highest BCUT2D eigenvalue weighted by Crippen LogP contribution is 2.28. The SMILES string of the molecule is CC1CNC2CCCCCC2S1(=O)=O. The van der Waals surface area contributed by atoms with E-state index in [-0.39, 0.29) is 16.5 Å². The fourth-order valence-corrected chi connectivity index (χ4v) is 4.74. The maximum atomic E-state index is 12.1. The molecule has 0 amide bonds. The first-order valence-electron chi connectivity index (χ1n) is 5.58. The van der Waals surface area contributed by atoms with Crippen molar-refractivity contribution in [2.75, 3.05) is 6.54 Å². The van der Waals surface area contributed by atoms with Gasteiger partial charge in [0.2, 0.25) is 0 Å². The third-order valence-corrected chi connectivity index (χ3v) is 6.30. The van der Waals surface area contributed by atoms with E-state index in [2.05, 4.69) is 5.32 Å². The second-order valence-corrected chi connectivity index (χ2v) is 7.18. The van der Waals surface area contributed by atoms with Crippen LogP contribution < -0.4 is 5.32 Å². The first-order chi connectivity index (χ1) is 6.62. The molecular formula is C10H19NO2S. The standard InChI is InChI=1S/C10H19NO2S/c1-8-7-11-9-5-3-2-4-6-10(9)14(8,12)13/h8-11H,2-7H2,1H3. The predicted octanol–water partition coefficient (Wildman–Crippen LogP) is 1.09. The number of fused-ring (bicyclic) bond motifs is 1. The molecule has 3 atom stereocenters. The molecule has 1 N–H and O–H groups in total. The summed E-state index contributed by atoms with van der Waals surface area (Å²) in [5, 5.41) is 3.09. The second kappa shape index (κ2) is 3.81. The topological polar surface area (TPSA) is 46.2 Å². The maximum absolute atomic E-state index is 12.1. The average molecular weight is 217 g/mol. The van der Waals surface area contributed by atoms with Gasteiger partial charge in [0.25, 0.3) is 0 Å². The van der Waals surface area contributed by atoms with Crippen LogP contribution >= 0.6 is 0 Å². The van der Waals surface area contributed by atoms with Gasteiger partial charge >= 0.3 is 0 Å². The Hall–Kier alpha value is -0.0900. The van der Waals surface area contributed by atoms with Gasteiger partial charge in [-0.15, -0.1) is 0 Å². The van der Waals surface area contributed by atoms with Gasteiger partial charge in [-0.25, -0.2) is 8.42 Å². The molecule has 2 rings (SSSR count).